The van der Waals surface area contributed by atoms with Crippen molar-refractivity contribution in [2.75, 3.05) is 31.1 Å². The number of halogens is 3. The Morgan fingerprint density at radius 1 is 1.03 bits per heavy atom. The molecule has 5 nitrogen and oxygen atoms in total. The Labute approximate surface area is 175 Å². The molecule has 4 rings (SSSR count). The Kier molecular flexibility index (Phi) is 5.31. The number of nitrogens with zero attached hydrogens (tertiary/aromatic N) is 3. The van der Waals surface area contributed by atoms with Crippen LogP contribution in [0.5, 0.6) is 0 Å². The molecule has 1 amide bonds. The van der Waals surface area contributed by atoms with Gasteiger partial charge in [-0.15, -0.1) is 0 Å². The summed E-state index contributed by atoms with van der Waals surface area (Å²) in [6, 6.07) is 11.8. The number of rotatable bonds is 3. The highest BCUT2D eigenvalue weighted by Crippen LogP contribution is 2.32. The maximum absolute atomic E-state index is 13.0. The summed E-state index contributed by atoms with van der Waals surface area (Å²) < 4.78 is 41.2. The van der Waals surface area contributed by atoms with Crippen LogP contribution in [0.25, 0.3) is 10.1 Å². The van der Waals surface area contributed by atoms with Crippen LogP contribution in [0.2, 0.25) is 0 Å². The molecule has 1 fully saturated rings. The molecule has 158 valence electrons. The van der Waals surface area contributed by atoms with Crippen LogP contribution >= 0.6 is 11.5 Å². The molecule has 30 heavy (non-hydrogen) atoms. The lowest BCUT2D eigenvalue weighted by Crippen LogP contribution is -2.50. The Bertz CT molecular complexity index is 1130. The molecule has 2 aromatic carbocycles. The lowest BCUT2D eigenvalue weighted by molar-refractivity contribution is -0.137. The molecule has 0 N–H and O–H groups in total. The molecule has 0 unspecified atom stereocenters. The van der Waals surface area contributed by atoms with Gasteiger partial charge in [-0.05, 0) is 37.3 Å². The van der Waals surface area contributed by atoms with Crippen LogP contribution in [0, 0.1) is 0 Å². The lowest BCUT2D eigenvalue weighted by Gasteiger charge is -2.37. The van der Waals surface area contributed by atoms with Crippen molar-refractivity contribution in [3.63, 3.8) is 0 Å². The fraction of sp³-hybridized carbons (Fsp3) is 0.333. The predicted octanol–water partition coefficient (Wildman–Crippen LogP) is 3.99. The fourth-order valence-corrected chi connectivity index (χ4v) is 4.71. The zero-order valence-electron chi connectivity index (χ0n) is 16.2. The third kappa shape index (κ3) is 3.81. The van der Waals surface area contributed by atoms with Crippen LogP contribution in [0.15, 0.2) is 53.3 Å². The van der Waals surface area contributed by atoms with E-state index in [4.69, 9.17) is 0 Å². The number of hydrogen-bond acceptors (Lipinski definition) is 4. The van der Waals surface area contributed by atoms with Gasteiger partial charge < -0.3 is 9.80 Å². The smallest absolute Gasteiger partial charge is 0.368 e. The van der Waals surface area contributed by atoms with Crippen LogP contribution in [-0.4, -0.2) is 40.9 Å². The molecule has 1 atom stereocenters. The van der Waals surface area contributed by atoms with E-state index in [0.717, 1.165) is 16.8 Å². The summed E-state index contributed by atoms with van der Waals surface area (Å²) in [5.74, 6) is -0.160. The third-order valence-corrected chi connectivity index (χ3v) is 6.58. The van der Waals surface area contributed by atoms with Gasteiger partial charge in [0.15, 0.2) is 0 Å². The van der Waals surface area contributed by atoms with Gasteiger partial charge in [0.1, 0.15) is 6.04 Å². The van der Waals surface area contributed by atoms with Gasteiger partial charge in [0.05, 0.1) is 15.6 Å². The van der Waals surface area contributed by atoms with Crippen LogP contribution in [0.4, 0.5) is 18.9 Å². The van der Waals surface area contributed by atoms with Crippen molar-refractivity contribution in [3.8, 4) is 0 Å². The number of carbonyl (C=O) groups excluding carboxylic acids is 1. The van der Waals surface area contributed by atoms with E-state index in [1.165, 1.54) is 21.6 Å². The van der Waals surface area contributed by atoms with Gasteiger partial charge in [-0.25, -0.2) is 0 Å². The van der Waals surface area contributed by atoms with Crippen LogP contribution < -0.4 is 10.5 Å². The molecule has 1 aromatic heterocycles. The van der Waals surface area contributed by atoms with E-state index in [1.807, 2.05) is 17.0 Å². The van der Waals surface area contributed by atoms with Crippen molar-refractivity contribution in [1.29, 1.82) is 0 Å². The van der Waals surface area contributed by atoms with Crippen molar-refractivity contribution in [2.24, 2.45) is 0 Å². The maximum Gasteiger partial charge on any atom is 0.416 e. The zero-order valence-corrected chi connectivity index (χ0v) is 17.0. The van der Waals surface area contributed by atoms with E-state index in [2.05, 4.69) is 0 Å². The molecule has 2 heterocycles. The Morgan fingerprint density at radius 3 is 2.40 bits per heavy atom. The molecular weight excluding hydrogens is 415 g/mol. The predicted molar refractivity (Wildman–Crippen MR) is 111 cm³/mol. The minimum Gasteiger partial charge on any atom is -0.368 e. The molecule has 1 saturated heterocycles. The van der Waals surface area contributed by atoms with Crippen LogP contribution in [-0.2, 0) is 11.0 Å². The summed E-state index contributed by atoms with van der Waals surface area (Å²) in [4.78, 5) is 29.1. The highest BCUT2D eigenvalue weighted by Gasteiger charge is 2.32. The van der Waals surface area contributed by atoms with E-state index < -0.39 is 17.8 Å². The molecule has 0 spiro atoms. The second kappa shape index (κ2) is 7.79. The second-order valence-corrected chi connectivity index (χ2v) is 8.27. The summed E-state index contributed by atoms with van der Waals surface area (Å²) in [5, 5.41) is 0.594. The average molecular weight is 435 g/mol. The number of benzene rings is 2. The first-order chi connectivity index (χ1) is 14.3. The highest BCUT2D eigenvalue weighted by molar-refractivity contribution is 7.14. The van der Waals surface area contributed by atoms with Crippen molar-refractivity contribution in [3.05, 3.63) is 64.4 Å². The minimum absolute atomic E-state index is 0.160. The SMILES string of the molecule is C[C@H](C(=O)N1CCN(c2cccc(C(F)(F)F)c2)CC1)n1sc2ccccc2c1=O. The summed E-state index contributed by atoms with van der Waals surface area (Å²) in [6.45, 7) is 3.35. The first-order valence-electron chi connectivity index (χ1n) is 9.57. The van der Waals surface area contributed by atoms with Crippen molar-refractivity contribution in [1.82, 2.24) is 8.86 Å². The number of hydrogen-bond donors (Lipinski definition) is 0. The zero-order chi connectivity index (χ0) is 21.5. The first kappa shape index (κ1) is 20.5. The molecule has 1 aliphatic heterocycles. The normalized spacial score (nSPS) is 16.1. The van der Waals surface area contributed by atoms with Crippen LogP contribution in [0.1, 0.15) is 18.5 Å². The molecule has 9 heteroatoms. The largest absolute Gasteiger partial charge is 0.416 e. The van der Waals surface area contributed by atoms with Gasteiger partial charge in [-0.1, -0.05) is 29.7 Å². The van der Waals surface area contributed by atoms with Gasteiger partial charge in [-0.3, -0.25) is 13.5 Å². The summed E-state index contributed by atoms with van der Waals surface area (Å²) in [6.07, 6.45) is -4.39. The van der Waals surface area contributed by atoms with E-state index >= 15 is 0 Å². The maximum atomic E-state index is 13.0. The van der Waals surface area contributed by atoms with Gasteiger partial charge in [0, 0.05) is 31.9 Å². The van der Waals surface area contributed by atoms with Crippen molar-refractivity contribution in [2.45, 2.75) is 19.1 Å². The van der Waals surface area contributed by atoms with Crippen molar-refractivity contribution < 1.29 is 18.0 Å². The number of fused-ring (bicyclic) bond motifs is 1. The number of aromatic nitrogens is 1. The van der Waals surface area contributed by atoms with E-state index in [-0.39, 0.29) is 11.5 Å². The molecule has 0 bridgehead atoms. The summed E-state index contributed by atoms with van der Waals surface area (Å²) in [7, 11) is 0. The summed E-state index contributed by atoms with van der Waals surface area (Å²) in [5.41, 5.74) is -0.374. The summed E-state index contributed by atoms with van der Waals surface area (Å²) >= 11 is 1.27. The van der Waals surface area contributed by atoms with Gasteiger partial charge in [-0.2, -0.15) is 13.2 Å². The average Bonchev–Trinajstić information content (AvgIpc) is 3.09. The van der Waals surface area contributed by atoms with Gasteiger partial charge in [0.25, 0.3) is 5.56 Å². The molecule has 3 aromatic rings. The number of amides is 1. The standard InChI is InChI=1S/C21H20F3N3O2S/c1-14(27-20(29)17-7-2-3-8-18(17)30-27)19(28)26-11-9-25(10-12-26)16-6-4-5-15(13-16)21(22,23)24/h2-8,13-14H,9-12H2,1H3/t14-/m1/s1. The number of alkyl halides is 3. The fourth-order valence-electron chi connectivity index (χ4n) is 3.67. The van der Waals surface area contributed by atoms with Crippen molar-refractivity contribution >= 4 is 33.2 Å². The van der Waals surface area contributed by atoms with Gasteiger partial charge in [0.2, 0.25) is 5.91 Å². The number of piperazine rings is 1. The minimum atomic E-state index is -4.39. The lowest BCUT2D eigenvalue weighted by atomic mass is 10.1. The third-order valence-electron chi connectivity index (χ3n) is 5.35. The second-order valence-electron chi connectivity index (χ2n) is 7.25. The van der Waals surface area contributed by atoms with Crippen LogP contribution in [0.3, 0.4) is 0 Å². The monoisotopic (exact) mass is 435 g/mol. The Hall–Kier alpha value is -2.81. The molecule has 0 aliphatic carbocycles. The molecule has 0 saturated carbocycles. The molecule has 1 aliphatic rings. The topological polar surface area (TPSA) is 45.6 Å². The quantitative estimate of drug-likeness (QED) is 0.625. The number of anilines is 1. The van der Waals surface area contributed by atoms with E-state index in [0.29, 0.717) is 37.3 Å². The first-order valence-corrected chi connectivity index (χ1v) is 10.3. The van der Waals surface area contributed by atoms with E-state index in [9.17, 15) is 22.8 Å². The van der Waals surface area contributed by atoms with Gasteiger partial charge >= 0.3 is 6.18 Å². The highest BCUT2D eigenvalue weighted by atomic mass is 32.1. The molecular formula is C21H20F3N3O2S. The number of carbonyl (C=O) groups is 1. The Balaban J connectivity index is 1.45. The Morgan fingerprint density at radius 2 is 1.73 bits per heavy atom. The van der Waals surface area contributed by atoms with E-state index in [1.54, 1.807) is 30.0 Å². The molecule has 0 radical (unpaired) electrons.